The van der Waals surface area contributed by atoms with E-state index in [0.717, 1.165) is 0 Å². The minimum Gasteiger partial charge on any atom is -0.481 e. The molecule has 0 radical (unpaired) electrons. The summed E-state index contributed by atoms with van der Waals surface area (Å²) in [5.41, 5.74) is 0. The van der Waals surface area contributed by atoms with E-state index in [1.165, 1.54) is 19.1 Å². The van der Waals surface area contributed by atoms with Gasteiger partial charge < -0.3 is 25.4 Å². The molecular weight excluding hydrogens is 278 g/mol. The highest BCUT2D eigenvalue weighted by atomic mass is 16.5. The summed E-state index contributed by atoms with van der Waals surface area (Å²) in [6.45, 7) is 2.79. The second kappa shape index (κ2) is 10.9. The lowest BCUT2D eigenvalue weighted by Crippen LogP contribution is -2.44. The van der Waals surface area contributed by atoms with Crippen molar-refractivity contribution in [1.29, 1.82) is 0 Å². The van der Waals surface area contributed by atoms with Crippen LogP contribution in [0.4, 0.5) is 4.79 Å². The molecule has 0 spiro atoms. The Balaban J connectivity index is 3.79. The summed E-state index contributed by atoms with van der Waals surface area (Å²) in [5.74, 6) is -1.53. The molecule has 0 aromatic heterocycles. The van der Waals surface area contributed by atoms with Crippen LogP contribution >= 0.6 is 0 Å². The number of carboxylic acids is 1. The van der Waals surface area contributed by atoms with Crippen molar-refractivity contribution >= 4 is 17.9 Å². The van der Waals surface area contributed by atoms with Gasteiger partial charge in [0.15, 0.2) is 0 Å². The first-order valence-corrected chi connectivity index (χ1v) is 6.85. The van der Waals surface area contributed by atoms with Gasteiger partial charge in [-0.3, -0.25) is 9.59 Å². The van der Waals surface area contributed by atoms with Gasteiger partial charge in [0.25, 0.3) is 0 Å². The van der Waals surface area contributed by atoms with Crippen molar-refractivity contribution in [2.24, 2.45) is 5.92 Å². The number of hydrogen-bond acceptors (Lipinski definition) is 4. The molecule has 0 aromatic rings. The van der Waals surface area contributed by atoms with E-state index in [1.807, 2.05) is 0 Å². The number of nitrogens with zero attached hydrogens (tertiary/aromatic N) is 1. The quantitative estimate of drug-likeness (QED) is 0.488. The molecule has 0 fully saturated rings. The van der Waals surface area contributed by atoms with Gasteiger partial charge in [-0.25, -0.2) is 4.79 Å². The van der Waals surface area contributed by atoms with Crippen molar-refractivity contribution in [2.75, 3.05) is 40.4 Å². The van der Waals surface area contributed by atoms with E-state index in [-0.39, 0.29) is 18.5 Å². The Kier molecular flexibility index (Phi) is 9.95. The number of nitrogens with one attached hydrogen (secondary N) is 2. The minimum atomic E-state index is -0.842. The van der Waals surface area contributed by atoms with Crippen molar-refractivity contribution in [3.63, 3.8) is 0 Å². The molecule has 0 aliphatic heterocycles. The maximum absolute atomic E-state index is 11.7. The summed E-state index contributed by atoms with van der Waals surface area (Å²) in [5, 5.41) is 14.0. The van der Waals surface area contributed by atoms with E-state index in [1.54, 1.807) is 6.92 Å². The fraction of sp³-hybridized carbons (Fsp3) is 0.769. The molecule has 1 atom stereocenters. The maximum atomic E-state index is 11.7. The molecule has 21 heavy (non-hydrogen) atoms. The third-order valence-electron chi connectivity index (χ3n) is 2.87. The van der Waals surface area contributed by atoms with Crippen LogP contribution in [-0.2, 0) is 14.3 Å². The summed E-state index contributed by atoms with van der Waals surface area (Å²) in [7, 11) is 3.06. The number of aliphatic carboxylic acids is 1. The molecule has 3 amide bonds. The largest absolute Gasteiger partial charge is 0.481 e. The lowest BCUT2D eigenvalue weighted by atomic mass is 10.1. The van der Waals surface area contributed by atoms with Crippen LogP contribution in [0.3, 0.4) is 0 Å². The summed E-state index contributed by atoms with van der Waals surface area (Å²) in [6, 6.07) is -0.361. The Morgan fingerprint density at radius 1 is 1.24 bits per heavy atom. The zero-order valence-electron chi connectivity index (χ0n) is 12.8. The van der Waals surface area contributed by atoms with Crippen LogP contribution in [0, 0.1) is 5.92 Å². The van der Waals surface area contributed by atoms with Crippen molar-refractivity contribution in [3.05, 3.63) is 0 Å². The molecular formula is C13H25N3O5. The summed E-state index contributed by atoms with van der Waals surface area (Å²) >= 11 is 0. The van der Waals surface area contributed by atoms with Crippen molar-refractivity contribution < 1.29 is 24.2 Å². The molecule has 0 aliphatic carbocycles. The highest BCUT2D eigenvalue weighted by Gasteiger charge is 2.13. The zero-order valence-corrected chi connectivity index (χ0v) is 12.8. The van der Waals surface area contributed by atoms with Gasteiger partial charge in [0.1, 0.15) is 6.54 Å². The molecule has 0 rings (SSSR count). The summed E-state index contributed by atoms with van der Waals surface area (Å²) in [6.07, 6.45) is 1.07. The van der Waals surface area contributed by atoms with Crippen LogP contribution in [0.5, 0.6) is 0 Å². The smallest absolute Gasteiger partial charge is 0.317 e. The number of carboxylic acid groups (broad SMARTS) is 1. The minimum absolute atomic E-state index is 0.0406. The van der Waals surface area contributed by atoms with E-state index >= 15 is 0 Å². The molecule has 0 aromatic carbocycles. The summed E-state index contributed by atoms with van der Waals surface area (Å²) in [4.78, 5) is 35.0. The molecule has 0 aliphatic rings. The standard InChI is InChI=1S/C13H25N3O5/c1-10(12(18)19)5-4-6-15-13(20)16(2)9-11(17)14-7-8-21-3/h10H,4-9H2,1-3H3,(H,14,17)(H,15,20)(H,18,19). The van der Waals surface area contributed by atoms with E-state index in [4.69, 9.17) is 9.84 Å². The van der Waals surface area contributed by atoms with Gasteiger partial charge in [-0.1, -0.05) is 6.92 Å². The Morgan fingerprint density at radius 2 is 1.90 bits per heavy atom. The van der Waals surface area contributed by atoms with Crippen LogP contribution in [0.25, 0.3) is 0 Å². The molecule has 0 saturated carbocycles. The molecule has 8 heteroatoms. The maximum Gasteiger partial charge on any atom is 0.317 e. The molecule has 0 bridgehead atoms. The number of likely N-dealkylation sites (N-methyl/N-ethyl adjacent to an activating group) is 1. The number of rotatable bonds is 10. The lowest BCUT2D eigenvalue weighted by molar-refractivity contribution is -0.141. The number of amides is 3. The first-order chi connectivity index (χ1) is 9.88. The fourth-order valence-electron chi connectivity index (χ4n) is 1.50. The average Bonchev–Trinajstić information content (AvgIpc) is 2.42. The van der Waals surface area contributed by atoms with E-state index in [0.29, 0.717) is 32.5 Å². The molecule has 0 heterocycles. The number of carbonyl (C=O) groups is 3. The van der Waals surface area contributed by atoms with Gasteiger partial charge in [-0.05, 0) is 12.8 Å². The first kappa shape index (κ1) is 19.2. The van der Waals surface area contributed by atoms with Crippen LogP contribution in [0.1, 0.15) is 19.8 Å². The van der Waals surface area contributed by atoms with Gasteiger partial charge in [-0.15, -0.1) is 0 Å². The van der Waals surface area contributed by atoms with Gasteiger partial charge in [0.05, 0.1) is 12.5 Å². The number of urea groups is 1. The van der Waals surface area contributed by atoms with Crippen LogP contribution in [0.15, 0.2) is 0 Å². The van der Waals surface area contributed by atoms with Crippen molar-refractivity contribution in [3.8, 4) is 0 Å². The molecule has 3 N–H and O–H groups in total. The topological polar surface area (TPSA) is 108 Å². The fourth-order valence-corrected chi connectivity index (χ4v) is 1.50. The Bertz CT molecular complexity index is 349. The van der Waals surface area contributed by atoms with Crippen molar-refractivity contribution in [2.45, 2.75) is 19.8 Å². The normalized spacial score (nSPS) is 11.6. The monoisotopic (exact) mass is 303 g/mol. The van der Waals surface area contributed by atoms with Crippen molar-refractivity contribution in [1.82, 2.24) is 15.5 Å². The third kappa shape index (κ3) is 9.67. The van der Waals surface area contributed by atoms with E-state index in [9.17, 15) is 14.4 Å². The zero-order chi connectivity index (χ0) is 16.3. The van der Waals surface area contributed by atoms with Gasteiger partial charge in [0, 0.05) is 27.2 Å². The van der Waals surface area contributed by atoms with E-state index < -0.39 is 11.9 Å². The van der Waals surface area contributed by atoms with Gasteiger partial charge >= 0.3 is 12.0 Å². The van der Waals surface area contributed by atoms with Gasteiger partial charge in [-0.2, -0.15) is 0 Å². The van der Waals surface area contributed by atoms with Crippen LogP contribution in [-0.4, -0.2) is 68.3 Å². The van der Waals surface area contributed by atoms with Gasteiger partial charge in [0.2, 0.25) is 5.91 Å². The molecule has 122 valence electrons. The van der Waals surface area contributed by atoms with Crippen LogP contribution in [0.2, 0.25) is 0 Å². The lowest BCUT2D eigenvalue weighted by Gasteiger charge is -2.17. The third-order valence-corrected chi connectivity index (χ3v) is 2.87. The highest BCUT2D eigenvalue weighted by molar-refractivity contribution is 5.83. The number of carbonyl (C=O) groups excluding carboxylic acids is 2. The van der Waals surface area contributed by atoms with E-state index in [2.05, 4.69) is 10.6 Å². The Morgan fingerprint density at radius 3 is 2.48 bits per heavy atom. The SMILES string of the molecule is COCCNC(=O)CN(C)C(=O)NCCCC(C)C(=O)O. The second-order valence-electron chi connectivity index (χ2n) is 4.81. The number of hydrogen-bond donors (Lipinski definition) is 3. The number of ether oxygens (including phenoxy) is 1. The Labute approximate surface area is 124 Å². The summed E-state index contributed by atoms with van der Waals surface area (Å²) < 4.78 is 4.80. The average molecular weight is 303 g/mol. The Hall–Kier alpha value is -1.83. The highest BCUT2D eigenvalue weighted by Crippen LogP contribution is 2.04. The molecule has 8 nitrogen and oxygen atoms in total. The predicted molar refractivity (Wildman–Crippen MR) is 76.9 cm³/mol. The second-order valence-corrected chi connectivity index (χ2v) is 4.81. The first-order valence-electron chi connectivity index (χ1n) is 6.85. The molecule has 0 saturated heterocycles. The van der Waals surface area contributed by atoms with Crippen LogP contribution < -0.4 is 10.6 Å². The number of methoxy groups -OCH3 is 1. The predicted octanol–water partition coefficient (Wildman–Crippen LogP) is -0.109. The molecule has 1 unspecified atom stereocenters.